The normalized spacial score (nSPS) is 11.4. The van der Waals surface area contributed by atoms with E-state index in [1.165, 1.54) is 23.1 Å². The van der Waals surface area contributed by atoms with E-state index in [4.69, 9.17) is 0 Å². The van der Waals surface area contributed by atoms with Gasteiger partial charge >= 0.3 is 0 Å². The first kappa shape index (κ1) is 16.1. The topological polar surface area (TPSA) is 89.8 Å². The Labute approximate surface area is 138 Å². The molecule has 3 rings (SSSR count). The summed E-state index contributed by atoms with van der Waals surface area (Å²) in [5.74, 6) is -0.710. The van der Waals surface area contributed by atoms with Gasteiger partial charge in [-0.1, -0.05) is 12.1 Å². The molecule has 0 fully saturated rings. The van der Waals surface area contributed by atoms with Crippen molar-refractivity contribution in [1.29, 1.82) is 0 Å². The van der Waals surface area contributed by atoms with Gasteiger partial charge in [-0.25, -0.2) is 22.2 Å². The Morgan fingerprint density at radius 3 is 2.88 bits per heavy atom. The second-order valence-electron chi connectivity index (χ2n) is 5.14. The Balaban J connectivity index is 1.80. The molecule has 0 radical (unpaired) electrons. The van der Waals surface area contributed by atoms with E-state index in [1.54, 1.807) is 25.4 Å². The van der Waals surface area contributed by atoms with Gasteiger partial charge in [0.1, 0.15) is 12.1 Å². The molecule has 0 amide bonds. The van der Waals surface area contributed by atoms with Crippen LogP contribution in [0, 0.1) is 12.7 Å². The molecule has 1 aromatic carbocycles. The van der Waals surface area contributed by atoms with Crippen molar-refractivity contribution in [2.75, 3.05) is 4.72 Å². The molecule has 0 spiro atoms. The Morgan fingerprint density at radius 1 is 1.29 bits per heavy atom. The minimum atomic E-state index is -3.97. The summed E-state index contributed by atoms with van der Waals surface area (Å²) < 4.78 is 41.8. The summed E-state index contributed by atoms with van der Waals surface area (Å²) in [5.41, 5.74) is 1.33. The number of aromatic nitrogens is 4. The molecule has 0 atom stereocenters. The summed E-state index contributed by atoms with van der Waals surface area (Å²) in [6.45, 7) is 1.99. The number of aryl methyl sites for hydroxylation is 1. The molecule has 0 saturated heterocycles. The van der Waals surface area contributed by atoms with Crippen molar-refractivity contribution in [2.45, 2.75) is 18.4 Å². The SMILES string of the molecule is Cc1ccc(F)cc1S(=O)(=O)Nc1ncn(Cc2cccnc2)n1. The average Bonchev–Trinajstić information content (AvgIpc) is 2.97. The molecule has 0 unspecified atom stereocenters. The van der Waals surface area contributed by atoms with Crippen LogP contribution in [0.1, 0.15) is 11.1 Å². The number of anilines is 1. The highest BCUT2D eigenvalue weighted by atomic mass is 32.2. The zero-order valence-corrected chi connectivity index (χ0v) is 13.5. The quantitative estimate of drug-likeness (QED) is 0.762. The van der Waals surface area contributed by atoms with Crippen LogP contribution in [-0.2, 0) is 16.6 Å². The molecule has 0 bridgehead atoms. The summed E-state index contributed by atoms with van der Waals surface area (Å²) in [6, 6.07) is 7.23. The van der Waals surface area contributed by atoms with Gasteiger partial charge in [0.15, 0.2) is 0 Å². The van der Waals surface area contributed by atoms with Gasteiger partial charge in [0.25, 0.3) is 16.0 Å². The van der Waals surface area contributed by atoms with E-state index in [0.717, 1.165) is 11.6 Å². The van der Waals surface area contributed by atoms with Gasteiger partial charge in [-0.05, 0) is 36.2 Å². The summed E-state index contributed by atoms with van der Waals surface area (Å²) >= 11 is 0. The van der Waals surface area contributed by atoms with E-state index in [0.29, 0.717) is 12.1 Å². The maximum absolute atomic E-state index is 13.3. The van der Waals surface area contributed by atoms with Crippen LogP contribution in [0.3, 0.4) is 0 Å². The second kappa shape index (κ2) is 6.36. The molecule has 3 aromatic rings. The molecule has 0 aliphatic carbocycles. The average molecular weight is 347 g/mol. The largest absolute Gasteiger partial charge is 0.264 e. The van der Waals surface area contributed by atoms with E-state index in [9.17, 15) is 12.8 Å². The number of hydrogen-bond donors (Lipinski definition) is 1. The molecule has 1 N–H and O–H groups in total. The Hall–Kier alpha value is -2.81. The summed E-state index contributed by atoms with van der Waals surface area (Å²) in [4.78, 5) is 7.77. The highest BCUT2D eigenvalue weighted by Gasteiger charge is 2.19. The van der Waals surface area contributed by atoms with Crippen LogP contribution in [0.25, 0.3) is 0 Å². The van der Waals surface area contributed by atoms with Gasteiger partial charge in [-0.3, -0.25) is 4.98 Å². The fourth-order valence-corrected chi connectivity index (χ4v) is 3.34. The molecule has 2 heterocycles. The first-order valence-corrected chi connectivity index (χ1v) is 8.50. The van der Waals surface area contributed by atoms with Crippen molar-refractivity contribution in [2.24, 2.45) is 0 Å². The van der Waals surface area contributed by atoms with E-state index >= 15 is 0 Å². The lowest BCUT2D eigenvalue weighted by molar-refractivity contribution is 0.593. The van der Waals surface area contributed by atoms with Gasteiger partial charge in [-0.15, -0.1) is 5.10 Å². The molecule has 2 aromatic heterocycles. The lowest BCUT2D eigenvalue weighted by Gasteiger charge is -2.07. The Bertz CT molecular complexity index is 957. The van der Waals surface area contributed by atoms with Crippen molar-refractivity contribution in [3.63, 3.8) is 0 Å². The molecule has 7 nitrogen and oxygen atoms in total. The van der Waals surface area contributed by atoms with Crippen molar-refractivity contribution >= 4 is 16.0 Å². The number of rotatable bonds is 5. The van der Waals surface area contributed by atoms with Gasteiger partial charge in [0.05, 0.1) is 11.4 Å². The van der Waals surface area contributed by atoms with Crippen LogP contribution in [0.4, 0.5) is 10.3 Å². The molecular formula is C15H14FN5O2S. The standard InChI is InChI=1S/C15H14FN5O2S/c1-11-4-5-13(16)7-14(11)24(22,23)20-15-18-10-21(19-15)9-12-3-2-6-17-8-12/h2-8,10H,9H2,1H3,(H,19,20). The molecular weight excluding hydrogens is 333 g/mol. The summed E-state index contributed by atoms with van der Waals surface area (Å²) in [5, 5.41) is 4.06. The van der Waals surface area contributed by atoms with Crippen LogP contribution < -0.4 is 4.72 Å². The predicted molar refractivity (Wildman–Crippen MR) is 85.3 cm³/mol. The van der Waals surface area contributed by atoms with Crippen molar-refractivity contribution < 1.29 is 12.8 Å². The van der Waals surface area contributed by atoms with Gasteiger partial charge < -0.3 is 0 Å². The van der Waals surface area contributed by atoms with Crippen LogP contribution in [0.15, 0.2) is 53.9 Å². The highest BCUT2D eigenvalue weighted by Crippen LogP contribution is 2.18. The van der Waals surface area contributed by atoms with Crippen molar-refractivity contribution in [1.82, 2.24) is 19.7 Å². The van der Waals surface area contributed by atoms with E-state index in [2.05, 4.69) is 19.8 Å². The predicted octanol–water partition coefficient (Wildman–Crippen LogP) is 1.97. The Kier molecular flexibility index (Phi) is 4.26. The lowest BCUT2D eigenvalue weighted by Crippen LogP contribution is -2.16. The third-order valence-corrected chi connectivity index (χ3v) is 4.74. The van der Waals surface area contributed by atoms with Crippen LogP contribution in [0.2, 0.25) is 0 Å². The Morgan fingerprint density at radius 2 is 2.12 bits per heavy atom. The number of hydrogen-bond acceptors (Lipinski definition) is 5. The van der Waals surface area contributed by atoms with Crippen molar-refractivity contribution in [3.05, 3.63) is 66.0 Å². The summed E-state index contributed by atoms with van der Waals surface area (Å²) in [6.07, 6.45) is 4.75. The van der Waals surface area contributed by atoms with Gasteiger partial charge in [0, 0.05) is 12.4 Å². The molecule has 0 aliphatic rings. The third kappa shape index (κ3) is 3.57. The molecule has 9 heteroatoms. The fourth-order valence-electron chi connectivity index (χ4n) is 2.13. The number of nitrogens with zero attached hydrogens (tertiary/aromatic N) is 4. The summed E-state index contributed by atoms with van der Waals surface area (Å²) in [7, 11) is -3.97. The van der Waals surface area contributed by atoms with Gasteiger partial charge in [0.2, 0.25) is 0 Å². The first-order chi connectivity index (χ1) is 11.4. The zero-order valence-electron chi connectivity index (χ0n) is 12.7. The molecule has 24 heavy (non-hydrogen) atoms. The monoisotopic (exact) mass is 347 g/mol. The molecule has 124 valence electrons. The maximum Gasteiger partial charge on any atom is 0.264 e. The number of sulfonamides is 1. The number of halogens is 1. The highest BCUT2D eigenvalue weighted by molar-refractivity contribution is 7.92. The van der Waals surface area contributed by atoms with E-state index in [1.807, 2.05) is 6.07 Å². The number of pyridine rings is 1. The van der Waals surface area contributed by atoms with E-state index < -0.39 is 15.8 Å². The minimum absolute atomic E-state index is 0.0810. The van der Waals surface area contributed by atoms with E-state index in [-0.39, 0.29) is 10.8 Å². The molecule has 0 saturated carbocycles. The van der Waals surface area contributed by atoms with Gasteiger partial charge in [-0.2, -0.15) is 4.98 Å². The fraction of sp³-hybridized carbons (Fsp3) is 0.133. The second-order valence-corrected chi connectivity index (χ2v) is 6.79. The molecule has 0 aliphatic heterocycles. The smallest absolute Gasteiger partial charge is 0.264 e. The van der Waals surface area contributed by atoms with Crippen LogP contribution in [-0.4, -0.2) is 28.2 Å². The lowest BCUT2D eigenvalue weighted by atomic mass is 10.2. The third-order valence-electron chi connectivity index (χ3n) is 3.27. The minimum Gasteiger partial charge on any atom is -0.264 e. The maximum atomic E-state index is 13.3. The first-order valence-electron chi connectivity index (χ1n) is 7.01. The number of benzene rings is 1. The zero-order chi connectivity index (χ0) is 17.2. The van der Waals surface area contributed by atoms with Crippen molar-refractivity contribution in [3.8, 4) is 0 Å². The number of nitrogens with one attached hydrogen (secondary N) is 1. The van der Waals surface area contributed by atoms with Crippen LogP contribution >= 0.6 is 0 Å². The van der Waals surface area contributed by atoms with Crippen LogP contribution in [0.5, 0.6) is 0 Å².